The summed E-state index contributed by atoms with van der Waals surface area (Å²) in [4.78, 5) is 0. The van der Waals surface area contributed by atoms with E-state index in [1.807, 2.05) is 0 Å². The fourth-order valence-electron chi connectivity index (χ4n) is 1.40. The quantitative estimate of drug-likeness (QED) is 0.512. The van der Waals surface area contributed by atoms with Crippen molar-refractivity contribution in [3.05, 3.63) is 0 Å². The van der Waals surface area contributed by atoms with Gasteiger partial charge in [-0.05, 0) is 32.2 Å². The first-order valence-corrected chi connectivity index (χ1v) is 6.31. The van der Waals surface area contributed by atoms with Crippen molar-refractivity contribution in [3.63, 3.8) is 0 Å². The lowest BCUT2D eigenvalue weighted by Crippen LogP contribution is -2.19. The molecule has 0 aromatic rings. The van der Waals surface area contributed by atoms with Crippen LogP contribution in [0.3, 0.4) is 0 Å². The van der Waals surface area contributed by atoms with Crippen molar-refractivity contribution in [2.45, 2.75) is 31.7 Å². The highest BCUT2D eigenvalue weighted by Crippen LogP contribution is 2.18. The molecule has 4 heteroatoms. The number of methoxy groups -OCH3 is 1. The lowest BCUT2D eigenvalue weighted by molar-refractivity contribution is 0.0392. The molecule has 0 radical (unpaired) electrons. The Kier molecular flexibility index (Phi) is 8.71. The molecule has 0 atom stereocenters. The summed E-state index contributed by atoms with van der Waals surface area (Å²) in [7, 11) is 1.71. The van der Waals surface area contributed by atoms with Crippen LogP contribution in [0.1, 0.15) is 25.7 Å². The van der Waals surface area contributed by atoms with Gasteiger partial charge in [-0.1, -0.05) is 0 Å². The largest absolute Gasteiger partial charge is 0.385 e. The number of rotatable bonds is 12. The van der Waals surface area contributed by atoms with Crippen LogP contribution in [-0.4, -0.2) is 52.7 Å². The van der Waals surface area contributed by atoms with Crippen LogP contribution in [0.25, 0.3) is 0 Å². The van der Waals surface area contributed by atoms with Crippen molar-refractivity contribution >= 4 is 0 Å². The molecule has 1 N–H and O–H groups in total. The van der Waals surface area contributed by atoms with Crippen molar-refractivity contribution in [2.75, 3.05) is 46.7 Å². The highest BCUT2D eigenvalue weighted by molar-refractivity contribution is 4.80. The second-order valence-corrected chi connectivity index (χ2v) is 4.15. The van der Waals surface area contributed by atoms with Gasteiger partial charge in [0.25, 0.3) is 0 Å². The summed E-state index contributed by atoms with van der Waals surface area (Å²) in [5.74, 6) is 0. The zero-order chi connectivity index (χ0) is 11.5. The van der Waals surface area contributed by atoms with Crippen LogP contribution < -0.4 is 5.32 Å². The van der Waals surface area contributed by atoms with Gasteiger partial charge in [-0.3, -0.25) is 0 Å². The van der Waals surface area contributed by atoms with Crippen molar-refractivity contribution in [2.24, 2.45) is 0 Å². The maximum absolute atomic E-state index is 5.45. The fourth-order valence-corrected chi connectivity index (χ4v) is 1.40. The van der Waals surface area contributed by atoms with Gasteiger partial charge in [0.1, 0.15) is 0 Å². The Morgan fingerprint density at radius 1 is 0.938 bits per heavy atom. The topological polar surface area (TPSA) is 39.7 Å². The van der Waals surface area contributed by atoms with E-state index in [4.69, 9.17) is 14.2 Å². The smallest absolute Gasteiger partial charge is 0.0700 e. The fraction of sp³-hybridized carbons (Fsp3) is 1.00. The van der Waals surface area contributed by atoms with Gasteiger partial charge in [-0.15, -0.1) is 0 Å². The van der Waals surface area contributed by atoms with Crippen molar-refractivity contribution in [1.29, 1.82) is 0 Å². The highest BCUT2D eigenvalue weighted by atomic mass is 16.5. The third-order valence-electron chi connectivity index (χ3n) is 2.48. The Morgan fingerprint density at radius 3 is 2.25 bits per heavy atom. The predicted molar refractivity (Wildman–Crippen MR) is 63.8 cm³/mol. The third-order valence-corrected chi connectivity index (χ3v) is 2.48. The molecule has 4 nitrogen and oxygen atoms in total. The van der Waals surface area contributed by atoms with Gasteiger partial charge in [0, 0.05) is 33.0 Å². The molecule has 1 aliphatic rings. The molecule has 96 valence electrons. The summed E-state index contributed by atoms with van der Waals surface area (Å²) < 4.78 is 15.7. The Bertz CT molecular complexity index is 151. The lowest BCUT2D eigenvalue weighted by atomic mass is 10.4. The van der Waals surface area contributed by atoms with Crippen LogP contribution in [0, 0.1) is 0 Å². The Hall–Kier alpha value is -0.160. The molecule has 0 aromatic heterocycles. The van der Waals surface area contributed by atoms with Gasteiger partial charge in [-0.25, -0.2) is 0 Å². The number of hydrogen-bond acceptors (Lipinski definition) is 4. The van der Waals surface area contributed by atoms with E-state index in [0.29, 0.717) is 13.2 Å². The maximum Gasteiger partial charge on any atom is 0.0700 e. The van der Waals surface area contributed by atoms with E-state index in [1.54, 1.807) is 7.11 Å². The van der Waals surface area contributed by atoms with Crippen molar-refractivity contribution in [1.82, 2.24) is 5.32 Å². The minimum absolute atomic E-state index is 0.694. The zero-order valence-electron chi connectivity index (χ0n) is 10.4. The molecule has 16 heavy (non-hydrogen) atoms. The summed E-state index contributed by atoms with van der Waals surface area (Å²) in [5, 5.41) is 3.46. The second kappa shape index (κ2) is 10.0. The predicted octanol–water partition coefficient (Wildman–Crippen LogP) is 1.20. The van der Waals surface area contributed by atoms with Gasteiger partial charge in [0.15, 0.2) is 0 Å². The van der Waals surface area contributed by atoms with Gasteiger partial charge in [0.05, 0.1) is 13.2 Å². The molecule has 0 unspecified atom stereocenters. The van der Waals surface area contributed by atoms with Crippen LogP contribution in [0.4, 0.5) is 0 Å². The molecule has 1 aliphatic carbocycles. The van der Waals surface area contributed by atoms with Gasteiger partial charge < -0.3 is 19.5 Å². The van der Waals surface area contributed by atoms with E-state index < -0.39 is 0 Å². The van der Waals surface area contributed by atoms with Gasteiger partial charge in [0.2, 0.25) is 0 Å². The molecule has 1 saturated carbocycles. The Balaban J connectivity index is 1.61. The molecule has 0 bridgehead atoms. The van der Waals surface area contributed by atoms with E-state index >= 15 is 0 Å². The monoisotopic (exact) mass is 231 g/mol. The van der Waals surface area contributed by atoms with E-state index in [2.05, 4.69) is 5.32 Å². The zero-order valence-corrected chi connectivity index (χ0v) is 10.4. The average molecular weight is 231 g/mol. The van der Waals surface area contributed by atoms with Crippen molar-refractivity contribution < 1.29 is 14.2 Å². The maximum atomic E-state index is 5.45. The normalized spacial score (nSPS) is 15.6. The SMILES string of the molecule is COCCCOCCOCCCNC1CC1. The first-order chi connectivity index (χ1) is 7.93. The van der Waals surface area contributed by atoms with E-state index in [1.165, 1.54) is 12.8 Å². The van der Waals surface area contributed by atoms with E-state index in [-0.39, 0.29) is 0 Å². The van der Waals surface area contributed by atoms with Crippen LogP contribution >= 0.6 is 0 Å². The molecule has 1 fully saturated rings. The molecule has 0 aliphatic heterocycles. The molecule has 1 rings (SSSR count). The van der Waals surface area contributed by atoms with Crippen LogP contribution in [-0.2, 0) is 14.2 Å². The summed E-state index contributed by atoms with van der Waals surface area (Å²) in [5.41, 5.74) is 0. The Morgan fingerprint density at radius 2 is 1.62 bits per heavy atom. The van der Waals surface area contributed by atoms with Crippen LogP contribution in [0.5, 0.6) is 0 Å². The first-order valence-electron chi connectivity index (χ1n) is 6.31. The minimum atomic E-state index is 0.694. The molecule has 0 saturated heterocycles. The summed E-state index contributed by atoms with van der Waals surface area (Å²) >= 11 is 0. The van der Waals surface area contributed by atoms with Crippen molar-refractivity contribution in [3.8, 4) is 0 Å². The molecule has 0 heterocycles. The molecular weight excluding hydrogens is 206 g/mol. The van der Waals surface area contributed by atoms with Gasteiger partial charge in [-0.2, -0.15) is 0 Å². The minimum Gasteiger partial charge on any atom is -0.385 e. The molecule has 0 amide bonds. The number of hydrogen-bond donors (Lipinski definition) is 1. The Labute approximate surface area is 98.6 Å². The lowest BCUT2D eigenvalue weighted by Gasteiger charge is -2.06. The summed E-state index contributed by atoms with van der Waals surface area (Å²) in [6.45, 7) is 4.85. The van der Waals surface area contributed by atoms with Crippen LogP contribution in [0.2, 0.25) is 0 Å². The van der Waals surface area contributed by atoms with Crippen LogP contribution in [0.15, 0.2) is 0 Å². The summed E-state index contributed by atoms with van der Waals surface area (Å²) in [6.07, 6.45) is 4.77. The highest BCUT2D eigenvalue weighted by Gasteiger charge is 2.19. The van der Waals surface area contributed by atoms with E-state index in [9.17, 15) is 0 Å². The standard InChI is InChI=1S/C12H25NO3/c1-14-7-3-9-16-11-10-15-8-2-6-13-12-4-5-12/h12-13H,2-11H2,1H3. The molecule has 0 spiro atoms. The van der Waals surface area contributed by atoms with E-state index in [0.717, 1.165) is 45.2 Å². The second-order valence-electron chi connectivity index (χ2n) is 4.15. The summed E-state index contributed by atoms with van der Waals surface area (Å²) in [6, 6.07) is 0.809. The first kappa shape index (κ1) is 13.9. The third kappa shape index (κ3) is 9.09. The number of nitrogens with one attached hydrogen (secondary N) is 1. The molecular formula is C12H25NO3. The molecule has 0 aromatic carbocycles. The van der Waals surface area contributed by atoms with Gasteiger partial charge >= 0.3 is 0 Å². The number of ether oxygens (including phenoxy) is 3. The average Bonchev–Trinajstić information content (AvgIpc) is 3.10.